The van der Waals surface area contributed by atoms with Gasteiger partial charge in [-0.1, -0.05) is 25.1 Å². The first-order valence-electron chi connectivity index (χ1n) is 12.1. The number of hydrogen-bond donors (Lipinski definition) is 1. The van der Waals surface area contributed by atoms with E-state index in [1.807, 2.05) is 51.1 Å². The van der Waals surface area contributed by atoms with Crippen LogP contribution < -0.4 is 10.1 Å². The number of carbonyl (C=O) groups excluding carboxylic acids is 1. The summed E-state index contributed by atoms with van der Waals surface area (Å²) in [7, 11) is 0. The molecule has 4 heterocycles. The minimum Gasteiger partial charge on any atom is -0.486 e. The quantitative estimate of drug-likeness (QED) is 0.527. The number of nitrogens with one attached hydrogen (secondary N) is 1. The fourth-order valence-corrected chi connectivity index (χ4v) is 4.30. The minimum atomic E-state index is -0.0687. The molecule has 0 aliphatic carbocycles. The molecule has 0 saturated carbocycles. The Morgan fingerprint density at radius 1 is 1.26 bits per heavy atom. The second-order valence-electron chi connectivity index (χ2n) is 9.58. The van der Waals surface area contributed by atoms with Gasteiger partial charge in [0.05, 0.1) is 31.1 Å². The van der Waals surface area contributed by atoms with Crippen LogP contribution in [0.4, 0.5) is 0 Å². The van der Waals surface area contributed by atoms with Crippen LogP contribution in [0.3, 0.4) is 0 Å². The maximum atomic E-state index is 12.5. The van der Waals surface area contributed by atoms with E-state index in [0.29, 0.717) is 31.2 Å². The summed E-state index contributed by atoms with van der Waals surface area (Å²) in [6, 6.07) is 9.69. The molecule has 2 aromatic heterocycles. The van der Waals surface area contributed by atoms with Gasteiger partial charge in [0.2, 0.25) is 5.89 Å². The number of aromatic nitrogens is 3. The van der Waals surface area contributed by atoms with Crippen molar-refractivity contribution in [1.29, 1.82) is 0 Å². The van der Waals surface area contributed by atoms with Gasteiger partial charge in [-0.05, 0) is 43.2 Å². The highest BCUT2D eigenvalue weighted by atomic mass is 16.5. The summed E-state index contributed by atoms with van der Waals surface area (Å²) >= 11 is 0. The number of likely N-dealkylation sites (tertiary alicyclic amines) is 1. The normalized spacial score (nSPS) is 18.6. The number of carbonyl (C=O) groups is 1. The first-order chi connectivity index (χ1) is 16.9. The van der Waals surface area contributed by atoms with Crippen molar-refractivity contribution in [2.24, 2.45) is 0 Å². The maximum Gasteiger partial charge on any atom is 0.251 e. The standard InChI is InChI=1S/C26H31N5O4/c1-16(2)25-29-24(35-30-25)14-31-12-21(13-31)34-20-5-7-23(27-11-20)22-6-4-18(10-17(22)3)26(32)28-19-8-9-33-15-19/h4-7,10-11,16,19,21H,8-9,12-15H2,1-3H3,(H,28,32)/t19-/m1/s1. The van der Waals surface area contributed by atoms with Gasteiger partial charge in [0.1, 0.15) is 11.9 Å². The minimum absolute atomic E-state index is 0.0687. The number of benzene rings is 1. The molecule has 1 amide bonds. The van der Waals surface area contributed by atoms with E-state index in [9.17, 15) is 4.79 Å². The van der Waals surface area contributed by atoms with Gasteiger partial charge in [-0.3, -0.25) is 14.7 Å². The number of pyridine rings is 1. The Hall–Kier alpha value is -3.30. The highest BCUT2D eigenvalue weighted by molar-refractivity contribution is 5.95. The molecule has 2 aliphatic heterocycles. The summed E-state index contributed by atoms with van der Waals surface area (Å²) in [5, 5.41) is 7.04. The molecule has 1 atom stereocenters. The molecule has 9 heteroatoms. The molecule has 1 aromatic carbocycles. The summed E-state index contributed by atoms with van der Waals surface area (Å²) in [6.07, 6.45) is 2.73. The van der Waals surface area contributed by atoms with Crippen molar-refractivity contribution in [3.63, 3.8) is 0 Å². The molecule has 2 aliphatic rings. The lowest BCUT2D eigenvalue weighted by Crippen LogP contribution is -2.53. The third-order valence-corrected chi connectivity index (χ3v) is 6.35. The van der Waals surface area contributed by atoms with Crippen LogP contribution >= 0.6 is 0 Å². The molecular weight excluding hydrogens is 446 g/mol. The third kappa shape index (κ3) is 5.52. The van der Waals surface area contributed by atoms with E-state index in [1.165, 1.54) is 0 Å². The molecule has 2 saturated heterocycles. The monoisotopic (exact) mass is 477 g/mol. The Bertz CT molecular complexity index is 1160. The average Bonchev–Trinajstić information content (AvgIpc) is 3.50. The fraction of sp³-hybridized carbons (Fsp3) is 0.462. The molecule has 3 aromatic rings. The van der Waals surface area contributed by atoms with E-state index in [0.717, 1.165) is 47.9 Å². The van der Waals surface area contributed by atoms with Gasteiger partial charge >= 0.3 is 0 Å². The number of hydrogen-bond acceptors (Lipinski definition) is 8. The Morgan fingerprint density at radius 2 is 2.11 bits per heavy atom. The van der Waals surface area contributed by atoms with Crippen LogP contribution in [0.25, 0.3) is 11.3 Å². The zero-order valence-electron chi connectivity index (χ0n) is 20.4. The summed E-state index contributed by atoms with van der Waals surface area (Å²) in [4.78, 5) is 23.8. The first kappa shape index (κ1) is 23.4. The van der Waals surface area contributed by atoms with Crippen molar-refractivity contribution in [3.05, 3.63) is 59.4 Å². The molecule has 2 fully saturated rings. The van der Waals surface area contributed by atoms with Crippen LogP contribution in [0.15, 0.2) is 41.1 Å². The molecular formula is C26H31N5O4. The van der Waals surface area contributed by atoms with E-state index in [4.69, 9.17) is 14.0 Å². The number of ether oxygens (including phenoxy) is 2. The van der Waals surface area contributed by atoms with Crippen molar-refractivity contribution < 1.29 is 18.8 Å². The molecule has 0 radical (unpaired) electrons. The summed E-state index contributed by atoms with van der Waals surface area (Å²) in [5.74, 6) is 2.32. The van der Waals surface area contributed by atoms with Gasteiger partial charge in [-0.25, -0.2) is 0 Å². The zero-order valence-corrected chi connectivity index (χ0v) is 20.4. The molecule has 0 bridgehead atoms. The van der Waals surface area contributed by atoms with Crippen molar-refractivity contribution in [2.75, 3.05) is 26.3 Å². The van der Waals surface area contributed by atoms with Crippen molar-refractivity contribution >= 4 is 5.91 Å². The predicted molar refractivity (Wildman–Crippen MR) is 129 cm³/mol. The lowest BCUT2D eigenvalue weighted by atomic mass is 10.0. The van der Waals surface area contributed by atoms with Crippen LogP contribution in [-0.4, -0.2) is 64.4 Å². The molecule has 35 heavy (non-hydrogen) atoms. The van der Waals surface area contributed by atoms with Crippen LogP contribution in [-0.2, 0) is 11.3 Å². The molecule has 9 nitrogen and oxygen atoms in total. The Labute approximate surface area is 204 Å². The molecule has 184 valence electrons. The van der Waals surface area contributed by atoms with Gasteiger partial charge in [0.25, 0.3) is 5.91 Å². The van der Waals surface area contributed by atoms with Crippen LogP contribution in [0, 0.1) is 6.92 Å². The molecule has 5 rings (SSSR count). The average molecular weight is 478 g/mol. The Balaban J connectivity index is 1.13. The van der Waals surface area contributed by atoms with Gasteiger partial charge in [-0.15, -0.1) is 0 Å². The number of nitrogens with zero attached hydrogens (tertiary/aromatic N) is 4. The molecule has 0 unspecified atom stereocenters. The first-order valence-corrected chi connectivity index (χ1v) is 12.1. The van der Waals surface area contributed by atoms with Gasteiger partial charge in [0.15, 0.2) is 5.82 Å². The van der Waals surface area contributed by atoms with E-state index in [-0.39, 0.29) is 24.0 Å². The van der Waals surface area contributed by atoms with Crippen molar-refractivity contribution in [2.45, 2.75) is 51.8 Å². The van der Waals surface area contributed by atoms with Crippen LogP contribution in [0.1, 0.15) is 53.8 Å². The third-order valence-electron chi connectivity index (χ3n) is 6.35. The zero-order chi connectivity index (χ0) is 24.4. The predicted octanol–water partition coefficient (Wildman–Crippen LogP) is 3.35. The maximum absolute atomic E-state index is 12.5. The van der Waals surface area contributed by atoms with Gasteiger partial charge in [-0.2, -0.15) is 4.98 Å². The van der Waals surface area contributed by atoms with Crippen LogP contribution in [0.2, 0.25) is 0 Å². The largest absolute Gasteiger partial charge is 0.486 e. The second kappa shape index (κ2) is 10.1. The Kier molecular flexibility index (Phi) is 6.79. The summed E-state index contributed by atoms with van der Waals surface area (Å²) in [6.45, 7) is 9.61. The van der Waals surface area contributed by atoms with E-state index < -0.39 is 0 Å². The number of aryl methyl sites for hydroxylation is 1. The van der Waals surface area contributed by atoms with E-state index >= 15 is 0 Å². The lowest BCUT2D eigenvalue weighted by molar-refractivity contribution is 0.00844. The number of amides is 1. The molecule has 0 spiro atoms. The smallest absolute Gasteiger partial charge is 0.251 e. The SMILES string of the molecule is Cc1cc(C(=O)N[C@@H]2CCOC2)ccc1-c1ccc(OC2CN(Cc3nc(C(C)C)no3)C2)cn1. The second-order valence-corrected chi connectivity index (χ2v) is 9.58. The summed E-state index contributed by atoms with van der Waals surface area (Å²) < 4.78 is 16.7. The summed E-state index contributed by atoms with van der Waals surface area (Å²) in [5.41, 5.74) is 3.48. The Morgan fingerprint density at radius 3 is 2.77 bits per heavy atom. The molecule has 1 N–H and O–H groups in total. The van der Waals surface area contributed by atoms with Crippen molar-refractivity contribution in [3.8, 4) is 17.0 Å². The van der Waals surface area contributed by atoms with Crippen LogP contribution in [0.5, 0.6) is 5.75 Å². The van der Waals surface area contributed by atoms with Gasteiger partial charge < -0.3 is 19.3 Å². The van der Waals surface area contributed by atoms with Crippen molar-refractivity contribution in [1.82, 2.24) is 25.3 Å². The van der Waals surface area contributed by atoms with E-state index in [2.05, 4.69) is 25.3 Å². The topological polar surface area (TPSA) is 103 Å². The van der Waals surface area contributed by atoms with E-state index in [1.54, 1.807) is 6.20 Å². The highest BCUT2D eigenvalue weighted by Crippen LogP contribution is 2.26. The van der Waals surface area contributed by atoms with Gasteiger partial charge in [0, 0.05) is 36.7 Å². The number of rotatable bonds is 8. The lowest BCUT2D eigenvalue weighted by Gasteiger charge is -2.37. The fourth-order valence-electron chi connectivity index (χ4n) is 4.30. The highest BCUT2D eigenvalue weighted by Gasteiger charge is 2.30.